The largest absolute Gasteiger partial charge is 0.457 e. The van der Waals surface area contributed by atoms with Crippen molar-refractivity contribution in [3.05, 3.63) is 95.5 Å². The second-order valence-corrected chi connectivity index (χ2v) is 8.92. The summed E-state index contributed by atoms with van der Waals surface area (Å²) in [4.78, 5) is 26.9. The molecule has 1 fully saturated rings. The summed E-state index contributed by atoms with van der Waals surface area (Å²) in [7, 11) is 0. The Kier molecular flexibility index (Phi) is 5.84. The lowest BCUT2D eigenvalue weighted by Crippen LogP contribution is -2.28. The van der Waals surface area contributed by atoms with Gasteiger partial charge >= 0.3 is 0 Å². The molecule has 0 spiro atoms. The Morgan fingerprint density at radius 2 is 1.58 bits per heavy atom. The second-order valence-electron chi connectivity index (χ2n) is 8.01. The van der Waals surface area contributed by atoms with Crippen LogP contribution >= 0.6 is 15.9 Å². The molecule has 5 rings (SSSR count). The zero-order valence-electron chi connectivity index (χ0n) is 17.7. The summed E-state index contributed by atoms with van der Waals surface area (Å²) in [6.07, 6.45) is 0.199. The maximum absolute atomic E-state index is 12.8. The van der Waals surface area contributed by atoms with Crippen LogP contribution in [0.1, 0.15) is 6.42 Å². The van der Waals surface area contributed by atoms with Crippen molar-refractivity contribution in [2.75, 3.05) is 16.8 Å². The first-order valence-corrected chi connectivity index (χ1v) is 11.5. The van der Waals surface area contributed by atoms with Crippen LogP contribution in [0.2, 0.25) is 0 Å². The summed E-state index contributed by atoms with van der Waals surface area (Å²) in [5.74, 6) is 0.834. The fourth-order valence-corrected chi connectivity index (χ4v) is 4.24. The predicted molar refractivity (Wildman–Crippen MR) is 134 cm³/mol. The Balaban J connectivity index is 1.21. The number of benzene rings is 4. The monoisotopic (exact) mass is 500 g/mol. The summed E-state index contributed by atoms with van der Waals surface area (Å²) in [5, 5.41) is 5.19. The number of ether oxygens (including phenoxy) is 1. The number of rotatable bonds is 5. The predicted octanol–water partition coefficient (Wildman–Crippen LogP) is 6.39. The van der Waals surface area contributed by atoms with Crippen molar-refractivity contribution in [3.8, 4) is 11.5 Å². The lowest BCUT2D eigenvalue weighted by molar-refractivity contribution is -0.122. The van der Waals surface area contributed by atoms with Gasteiger partial charge in [0.05, 0.1) is 5.92 Å². The molecule has 33 heavy (non-hydrogen) atoms. The van der Waals surface area contributed by atoms with Crippen LogP contribution in [0.5, 0.6) is 11.5 Å². The fraction of sp³-hybridized carbons (Fsp3) is 0.111. The molecule has 1 N–H and O–H groups in total. The van der Waals surface area contributed by atoms with E-state index in [-0.39, 0.29) is 18.2 Å². The van der Waals surface area contributed by atoms with Gasteiger partial charge in [0.25, 0.3) is 0 Å². The van der Waals surface area contributed by atoms with Crippen LogP contribution in [-0.2, 0) is 9.59 Å². The van der Waals surface area contributed by atoms with Gasteiger partial charge in [-0.2, -0.15) is 0 Å². The average Bonchev–Trinajstić information content (AvgIpc) is 3.22. The van der Waals surface area contributed by atoms with Crippen LogP contribution in [0.3, 0.4) is 0 Å². The van der Waals surface area contributed by atoms with Crippen LogP contribution in [0.4, 0.5) is 11.4 Å². The number of fused-ring (bicyclic) bond motifs is 1. The molecular weight excluding hydrogens is 480 g/mol. The van der Waals surface area contributed by atoms with E-state index < -0.39 is 5.92 Å². The second kappa shape index (κ2) is 9.08. The Morgan fingerprint density at radius 3 is 2.33 bits per heavy atom. The number of nitrogens with one attached hydrogen (secondary N) is 1. The van der Waals surface area contributed by atoms with Gasteiger partial charge in [0.2, 0.25) is 11.8 Å². The molecule has 0 bridgehead atoms. The first-order valence-electron chi connectivity index (χ1n) is 10.7. The Morgan fingerprint density at radius 1 is 0.879 bits per heavy atom. The molecule has 0 aliphatic carbocycles. The average molecular weight is 501 g/mol. The number of amides is 2. The number of anilines is 2. The molecule has 1 aliphatic rings. The molecule has 1 saturated heterocycles. The fourth-order valence-electron chi connectivity index (χ4n) is 3.97. The highest BCUT2D eigenvalue weighted by atomic mass is 79.9. The van der Waals surface area contributed by atoms with E-state index in [1.807, 2.05) is 72.8 Å². The summed E-state index contributed by atoms with van der Waals surface area (Å²) in [6.45, 7) is 0.370. The van der Waals surface area contributed by atoms with Crippen LogP contribution in [0.15, 0.2) is 95.5 Å². The standard InChI is InChI=1S/C27H21BrN2O3/c28-21-6-10-23(11-7-21)30-17-20(16-26(30)31)27(32)29-22-8-13-24(14-9-22)33-25-12-5-18-3-1-2-4-19(18)15-25/h1-15,20H,16-17H2,(H,29,32)/t20-/m1/s1. The van der Waals surface area contributed by atoms with Gasteiger partial charge in [0.1, 0.15) is 11.5 Å². The summed E-state index contributed by atoms with van der Waals surface area (Å²) in [5.41, 5.74) is 1.47. The molecule has 1 heterocycles. The highest BCUT2D eigenvalue weighted by Crippen LogP contribution is 2.29. The van der Waals surface area contributed by atoms with E-state index in [0.717, 1.165) is 26.7 Å². The molecular formula is C27H21BrN2O3. The molecule has 6 heteroatoms. The first-order chi connectivity index (χ1) is 16.0. The zero-order chi connectivity index (χ0) is 22.8. The highest BCUT2D eigenvalue weighted by molar-refractivity contribution is 9.10. The van der Waals surface area contributed by atoms with Crippen LogP contribution in [-0.4, -0.2) is 18.4 Å². The van der Waals surface area contributed by atoms with E-state index >= 15 is 0 Å². The van der Waals surface area contributed by atoms with Crippen molar-refractivity contribution in [2.45, 2.75) is 6.42 Å². The van der Waals surface area contributed by atoms with Gasteiger partial charge in [-0.3, -0.25) is 9.59 Å². The minimum absolute atomic E-state index is 0.0448. The third-order valence-electron chi connectivity index (χ3n) is 5.71. The SMILES string of the molecule is O=C(Nc1ccc(Oc2ccc3ccccc3c2)cc1)[C@@H]1CC(=O)N(c2ccc(Br)cc2)C1. The van der Waals surface area contributed by atoms with E-state index in [1.54, 1.807) is 17.0 Å². The number of hydrogen-bond acceptors (Lipinski definition) is 3. The van der Waals surface area contributed by atoms with Gasteiger partial charge in [-0.15, -0.1) is 0 Å². The lowest BCUT2D eigenvalue weighted by Gasteiger charge is -2.17. The number of hydrogen-bond donors (Lipinski definition) is 1. The van der Waals surface area contributed by atoms with E-state index in [1.165, 1.54) is 0 Å². The Labute approximate surface area is 200 Å². The minimum atomic E-state index is -0.394. The maximum Gasteiger partial charge on any atom is 0.229 e. The molecule has 0 unspecified atom stereocenters. The number of carbonyl (C=O) groups is 2. The van der Waals surface area contributed by atoms with Crippen molar-refractivity contribution in [1.82, 2.24) is 0 Å². The van der Waals surface area contributed by atoms with Crippen molar-refractivity contribution < 1.29 is 14.3 Å². The third-order valence-corrected chi connectivity index (χ3v) is 6.24. The highest BCUT2D eigenvalue weighted by Gasteiger charge is 2.35. The van der Waals surface area contributed by atoms with Crippen molar-refractivity contribution in [3.63, 3.8) is 0 Å². The molecule has 2 amide bonds. The van der Waals surface area contributed by atoms with E-state index in [9.17, 15) is 9.59 Å². The molecule has 0 radical (unpaired) electrons. The molecule has 4 aromatic rings. The lowest BCUT2D eigenvalue weighted by atomic mass is 10.1. The molecule has 5 nitrogen and oxygen atoms in total. The van der Waals surface area contributed by atoms with Crippen LogP contribution in [0.25, 0.3) is 10.8 Å². The van der Waals surface area contributed by atoms with Gasteiger partial charge in [0.15, 0.2) is 0 Å². The van der Waals surface area contributed by atoms with Gasteiger partial charge < -0.3 is 15.0 Å². The van der Waals surface area contributed by atoms with Crippen molar-refractivity contribution in [1.29, 1.82) is 0 Å². The van der Waals surface area contributed by atoms with E-state index in [0.29, 0.717) is 18.0 Å². The quantitative estimate of drug-likeness (QED) is 0.345. The minimum Gasteiger partial charge on any atom is -0.457 e. The summed E-state index contributed by atoms with van der Waals surface area (Å²) < 4.78 is 6.91. The number of nitrogens with zero attached hydrogens (tertiary/aromatic N) is 1. The third kappa shape index (κ3) is 4.76. The van der Waals surface area contributed by atoms with Crippen LogP contribution < -0.4 is 15.0 Å². The Bertz CT molecular complexity index is 1320. The van der Waals surface area contributed by atoms with Gasteiger partial charge in [-0.05, 0) is 71.4 Å². The van der Waals surface area contributed by atoms with Crippen molar-refractivity contribution in [2.24, 2.45) is 5.92 Å². The van der Waals surface area contributed by atoms with Gasteiger partial charge in [-0.25, -0.2) is 0 Å². The topological polar surface area (TPSA) is 58.6 Å². The maximum atomic E-state index is 12.8. The van der Waals surface area contributed by atoms with Crippen molar-refractivity contribution >= 4 is 49.9 Å². The van der Waals surface area contributed by atoms with Crippen LogP contribution in [0, 0.1) is 5.92 Å². The summed E-state index contributed by atoms with van der Waals surface area (Å²) in [6, 6.07) is 28.8. The van der Waals surface area contributed by atoms with E-state index in [4.69, 9.17) is 4.74 Å². The zero-order valence-corrected chi connectivity index (χ0v) is 19.3. The molecule has 164 valence electrons. The first kappa shape index (κ1) is 21.2. The van der Waals surface area contributed by atoms with Gasteiger partial charge in [0, 0.05) is 28.8 Å². The molecule has 1 aliphatic heterocycles. The number of halogens is 1. The molecule has 4 aromatic carbocycles. The van der Waals surface area contributed by atoms with Gasteiger partial charge in [-0.1, -0.05) is 46.3 Å². The summed E-state index contributed by atoms with van der Waals surface area (Å²) >= 11 is 3.40. The van der Waals surface area contributed by atoms with E-state index in [2.05, 4.69) is 27.3 Å². The molecule has 0 saturated carbocycles. The number of carbonyl (C=O) groups excluding carboxylic acids is 2. The molecule has 1 atom stereocenters. The normalized spacial score (nSPS) is 15.6. The molecule has 0 aromatic heterocycles. The smallest absolute Gasteiger partial charge is 0.229 e. The Hall–Kier alpha value is -3.64.